The fraction of sp³-hybridized carbons (Fsp3) is 0.0833. The van der Waals surface area contributed by atoms with Crippen LogP contribution in [0, 0.1) is 11.6 Å². The summed E-state index contributed by atoms with van der Waals surface area (Å²) in [5.41, 5.74) is 0.0661. The summed E-state index contributed by atoms with van der Waals surface area (Å²) in [5, 5.41) is 8.50. The number of pyridine rings is 1. The van der Waals surface area contributed by atoms with Gasteiger partial charge in [-0.1, -0.05) is 6.07 Å². The van der Waals surface area contributed by atoms with Crippen molar-refractivity contribution >= 4 is 15.7 Å². The second-order valence-electron chi connectivity index (χ2n) is 3.89. The molecule has 0 saturated heterocycles. The average molecular weight is 300 g/mol. The number of benzene rings is 1. The number of hydrogen-bond donors (Lipinski definition) is 2. The van der Waals surface area contributed by atoms with E-state index in [0.717, 1.165) is 12.1 Å². The van der Waals surface area contributed by atoms with Crippen LogP contribution in [0.3, 0.4) is 0 Å². The number of aliphatic hydroxyl groups excluding tert-OH is 1. The van der Waals surface area contributed by atoms with Gasteiger partial charge in [-0.3, -0.25) is 4.72 Å². The molecule has 5 nitrogen and oxygen atoms in total. The zero-order valence-electron chi connectivity index (χ0n) is 10.0. The normalized spacial score (nSPS) is 11.3. The lowest BCUT2D eigenvalue weighted by atomic mass is 10.3. The lowest BCUT2D eigenvalue weighted by molar-refractivity contribution is 0.281. The Bertz CT molecular complexity index is 718. The first-order valence-electron chi connectivity index (χ1n) is 5.46. The molecule has 1 heterocycles. The molecule has 2 N–H and O–H groups in total. The number of halogens is 2. The van der Waals surface area contributed by atoms with Crippen LogP contribution in [0.5, 0.6) is 0 Å². The van der Waals surface area contributed by atoms with Gasteiger partial charge in [-0.2, -0.15) is 8.42 Å². The van der Waals surface area contributed by atoms with Gasteiger partial charge in [-0.25, -0.2) is 13.8 Å². The predicted octanol–water partition coefficient (Wildman–Crippen LogP) is 1.65. The SMILES string of the molecule is O=S(=O)(Nc1ccc(F)cc1F)c1ccc(CO)cn1. The van der Waals surface area contributed by atoms with E-state index in [1.807, 2.05) is 4.72 Å². The first-order chi connectivity index (χ1) is 9.42. The molecule has 2 rings (SSSR count). The molecule has 0 radical (unpaired) electrons. The quantitative estimate of drug-likeness (QED) is 0.900. The monoisotopic (exact) mass is 300 g/mol. The highest BCUT2D eigenvalue weighted by atomic mass is 32.2. The molecule has 0 spiro atoms. The van der Waals surface area contributed by atoms with Gasteiger partial charge >= 0.3 is 0 Å². The van der Waals surface area contributed by atoms with Crippen LogP contribution >= 0.6 is 0 Å². The smallest absolute Gasteiger partial charge is 0.279 e. The third-order valence-corrected chi connectivity index (χ3v) is 3.71. The molecule has 0 atom stereocenters. The van der Waals surface area contributed by atoms with Crippen molar-refractivity contribution in [3.8, 4) is 0 Å². The molecule has 2 aromatic rings. The number of sulfonamides is 1. The molecule has 0 aliphatic heterocycles. The summed E-state index contributed by atoms with van der Waals surface area (Å²) in [6, 6.07) is 5.03. The highest BCUT2D eigenvalue weighted by Crippen LogP contribution is 2.19. The summed E-state index contributed by atoms with van der Waals surface area (Å²) in [6.45, 7) is -0.270. The average Bonchev–Trinajstić information content (AvgIpc) is 2.42. The van der Waals surface area contributed by atoms with Gasteiger partial charge in [0, 0.05) is 12.3 Å². The van der Waals surface area contributed by atoms with Crippen LogP contribution in [0.4, 0.5) is 14.5 Å². The van der Waals surface area contributed by atoms with E-state index in [-0.39, 0.29) is 17.3 Å². The van der Waals surface area contributed by atoms with Crippen LogP contribution in [0.2, 0.25) is 0 Å². The van der Waals surface area contributed by atoms with Crippen molar-refractivity contribution in [3.05, 3.63) is 53.7 Å². The number of aromatic nitrogens is 1. The molecule has 0 amide bonds. The summed E-state index contributed by atoms with van der Waals surface area (Å²) in [5.74, 6) is -1.84. The summed E-state index contributed by atoms with van der Waals surface area (Å²) in [6.07, 6.45) is 1.19. The van der Waals surface area contributed by atoms with Gasteiger partial charge in [0.05, 0.1) is 12.3 Å². The van der Waals surface area contributed by atoms with E-state index in [0.29, 0.717) is 11.6 Å². The van der Waals surface area contributed by atoms with Crippen molar-refractivity contribution in [3.63, 3.8) is 0 Å². The lowest BCUT2D eigenvalue weighted by Crippen LogP contribution is -2.15. The predicted molar refractivity (Wildman–Crippen MR) is 67.3 cm³/mol. The Morgan fingerprint density at radius 1 is 1.20 bits per heavy atom. The Balaban J connectivity index is 2.30. The molecule has 0 fully saturated rings. The van der Waals surface area contributed by atoms with Crippen LogP contribution in [0.15, 0.2) is 41.6 Å². The van der Waals surface area contributed by atoms with E-state index in [4.69, 9.17) is 5.11 Å². The van der Waals surface area contributed by atoms with Crippen LogP contribution in [-0.2, 0) is 16.6 Å². The molecule has 0 saturated carbocycles. The van der Waals surface area contributed by atoms with E-state index >= 15 is 0 Å². The Morgan fingerprint density at radius 3 is 2.50 bits per heavy atom. The minimum absolute atomic E-state index is 0.270. The fourth-order valence-corrected chi connectivity index (χ4v) is 2.43. The Kier molecular flexibility index (Phi) is 3.96. The molecule has 8 heteroatoms. The van der Waals surface area contributed by atoms with Crippen molar-refractivity contribution in [2.24, 2.45) is 0 Å². The van der Waals surface area contributed by atoms with Crippen molar-refractivity contribution in [2.45, 2.75) is 11.6 Å². The topological polar surface area (TPSA) is 79.3 Å². The number of nitrogens with zero attached hydrogens (tertiary/aromatic N) is 1. The second-order valence-corrected chi connectivity index (χ2v) is 5.52. The van der Waals surface area contributed by atoms with Gasteiger partial charge in [0.25, 0.3) is 10.0 Å². The number of aliphatic hydroxyl groups is 1. The third kappa shape index (κ3) is 3.09. The standard InChI is InChI=1S/C12H10F2N2O3S/c13-9-2-3-11(10(14)5-9)16-20(18,19)12-4-1-8(7-17)6-15-12/h1-6,16-17H,7H2. The van der Waals surface area contributed by atoms with E-state index in [2.05, 4.69) is 4.98 Å². The van der Waals surface area contributed by atoms with Crippen molar-refractivity contribution < 1.29 is 22.3 Å². The molecule has 0 unspecified atom stereocenters. The minimum atomic E-state index is -4.08. The van der Waals surface area contributed by atoms with Crippen LogP contribution in [-0.4, -0.2) is 18.5 Å². The van der Waals surface area contributed by atoms with Crippen molar-refractivity contribution in [1.29, 1.82) is 0 Å². The van der Waals surface area contributed by atoms with Gasteiger partial charge in [0.1, 0.15) is 11.6 Å². The van der Waals surface area contributed by atoms with E-state index in [1.54, 1.807) is 0 Å². The Hall–Kier alpha value is -2.06. The zero-order valence-corrected chi connectivity index (χ0v) is 10.9. The van der Waals surface area contributed by atoms with Crippen LogP contribution < -0.4 is 4.72 Å². The van der Waals surface area contributed by atoms with Gasteiger partial charge in [-0.15, -0.1) is 0 Å². The number of nitrogens with one attached hydrogen (secondary N) is 1. The maximum absolute atomic E-state index is 13.4. The van der Waals surface area contributed by atoms with Gasteiger partial charge in [-0.05, 0) is 23.8 Å². The van der Waals surface area contributed by atoms with Gasteiger partial charge in [0.2, 0.25) is 0 Å². The van der Waals surface area contributed by atoms with E-state index < -0.39 is 21.7 Å². The maximum atomic E-state index is 13.4. The van der Waals surface area contributed by atoms with Crippen LogP contribution in [0.25, 0.3) is 0 Å². The molecule has 20 heavy (non-hydrogen) atoms. The number of anilines is 1. The number of rotatable bonds is 4. The third-order valence-electron chi connectivity index (χ3n) is 2.43. The zero-order chi connectivity index (χ0) is 14.8. The summed E-state index contributed by atoms with van der Waals surface area (Å²) < 4.78 is 52.0. The largest absolute Gasteiger partial charge is 0.392 e. The number of hydrogen-bond acceptors (Lipinski definition) is 4. The highest BCUT2D eigenvalue weighted by molar-refractivity contribution is 7.92. The summed E-state index contributed by atoms with van der Waals surface area (Å²) in [4.78, 5) is 3.66. The summed E-state index contributed by atoms with van der Waals surface area (Å²) in [7, 11) is -4.08. The first kappa shape index (κ1) is 14.4. The molecule has 0 aliphatic rings. The fourth-order valence-electron chi connectivity index (χ4n) is 1.43. The molecular formula is C12H10F2N2O3S. The van der Waals surface area contributed by atoms with Crippen LogP contribution in [0.1, 0.15) is 5.56 Å². The molecule has 1 aromatic heterocycles. The minimum Gasteiger partial charge on any atom is -0.392 e. The summed E-state index contributed by atoms with van der Waals surface area (Å²) >= 11 is 0. The van der Waals surface area contributed by atoms with Crippen molar-refractivity contribution in [2.75, 3.05) is 4.72 Å². The van der Waals surface area contributed by atoms with E-state index in [1.165, 1.54) is 18.3 Å². The van der Waals surface area contributed by atoms with E-state index in [9.17, 15) is 17.2 Å². The molecule has 1 aromatic carbocycles. The van der Waals surface area contributed by atoms with Gasteiger partial charge in [0.15, 0.2) is 5.03 Å². The first-order valence-corrected chi connectivity index (χ1v) is 6.94. The Labute approximate surface area is 114 Å². The molecule has 0 aliphatic carbocycles. The second kappa shape index (κ2) is 5.51. The Morgan fingerprint density at radius 2 is 1.95 bits per heavy atom. The lowest BCUT2D eigenvalue weighted by Gasteiger charge is -2.08. The van der Waals surface area contributed by atoms with Gasteiger partial charge < -0.3 is 5.11 Å². The molecular weight excluding hydrogens is 290 g/mol. The molecule has 106 valence electrons. The highest BCUT2D eigenvalue weighted by Gasteiger charge is 2.17. The molecule has 0 bridgehead atoms. The maximum Gasteiger partial charge on any atom is 0.279 e. The van der Waals surface area contributed by atoms with Crippen molar-refractivity contribution in [1.82, 2.24) is 4.98 Å².